The summed E-state index contributed by atoms with van der Waals surface area (Å²) in [6.45, 7) is 3.49. The highest BCUT2D eigenvalue weighted by atomic mass is 14.9. The molecular formula is C10H21N. The summed E-state index contributed by atoms with van der Waals surface area (Å²) in [5.74, 6) is 0. The SMILES string of the molecule is CCCCNC1CCCCC1. The van der Waals surface area contributed by atoms with Crippen molar-refractivity contribution in [2.45, 2.75) is 57.9 Å². The Labute approximate surface area is 70.6 Å². The van der Waals surface area contributed by atoms with E-state index in [1.807, 2.05) is 0 Å². The number of nitrogens with one attached hydrogen (secondary N) is 1. The highest BCUT2D eigenvalue weighted by molar-refractivity contribution is 4.71. The lowest BCUT2D eigenvalue weighted by Gasteiger charge is -2.22. The van der Waals surface area contributed by atoms with E-state index in [-0.39, 0.29) is 0 Å². The lowest BCUT2D eigenvalue weighted by atomic mass is 9.95. The van der Waals surface area contributed by atoms with Gasteiger partial charge in [0.05, 0.1) is 0 Å². The van der Waals surface area contributed by atoms with Gasteiger partial charge in [-0.15, -0.1) is 0 Å². The van der Waals surface area contributed by atoms with Crippen LogP contribution in [0.25, 0.3) is 0 Å². The van der Waals surface area contributed by atoms with Crippen LogP contribution in [0.2, 0.25) is 0 Å². The zero-order valence-corrected chi connectivity index (χ0v) is 7.73. The van der Waals surface area contributed by atoms with Gasteiger partial charge in [0.25, 0.3) is 0 Å². The predicted octanol–water partition coefficient (Wildman–Crippen LogP) is 2.71. The number of rotatable bonds is 4. The molecular weight excluding hydrogens is 134 g/mol. The van der Waals surface area contributed by atoms with Gasteiger partial charge in [-0.25, -0.2) is 0 Å². The van der Waals surface area contributed by atoms with Crippen LogP contribution in [0.1, 0.15) is 51.9 Å². The van der Waals surface area contributed by atoms with Gasteiger partial charge in [-0.05, 0) is 25.8 Å². The summed E-state index contributed by atoms with van der Waals surface area (Å²) >= 11 is 0. The van der Waals surface area contributed by atoms with Crippen molar-refractivity contribution in [3.8, 4) is 0 Å². The quantitative estimate of drug-likeness (QED) is 0.615. The van der Waals surface area contributed by atoms with Gasteiger partial charge in [0.2, 0.25) is 0 Å². The molecule has 1 aliphatic carbocycles. The van der Waals surface area contributed by atoms with Crippen LogP contribution in [-0.4, -0.2) is 12.6 Å². The molecule has 0 aromatic heterocycles. The van der Waals surface area contributed by atoms with E-state index in [1.54, 1.807) is 0 Å². The fraction of sp³-hybridized carbons (Fsp3) is 1.00. The second-order valence-electron chi connectivity index (χ2n) is 3.64. The van der Waals surface area contributed by atoms with Crippen LogP contribution in [0.4, 0.5) is 0 Å². The summed E-state index contributed by atoms with van der Waals surface area (Å²) in [5.41, 5.74) is 0. The summed E-state index contributed by atoms with van der Waals surface area (Å²) < 4.78 is 0. The summed E-state index contributed by atoms with van der Waals surface area (Å²) in [4.78, 5) is 0. The van der Waals surface area contributed by atoms with Crippen LogP contribution >= 0.6 is 0 Å². The van der Waals surface area contributed by atoms with Crippen molar-refractivity contribution in [1.29, 1.82) is 0 Å². The zero-order chi connectivity index (χ0) is 7.94. The van der Waals surface area contributed by atoms with E-state index in [0.717, 1.165) is 6.04 Å². The van der Waals surface area contributed by atoms with Gasteiger partial charge in [0, 0.05) is 6.04 Å². The third-order valence-electron chi connectivity index (χ3n) is 2.57. The molecule has 0 unspecified atom stereocenters. The van der Waals surface area contributed by atoms with Crippen molar-refractivity contribution in [2.75, 3.05) is 6.54 Å². The first-order valence-electron chi connectivity index (χ1n) is 5.17. The Bertz CT molecular complexity index is 84.9. The Balaban J connectivity index is 1.96. The Morgan fingerprint density at radius 1 is 1.18 bits per heavy atom. The molecule has 0 saturated heterocycles. The van der Waals surface area contributed by atoms with E-state index in [9.17, 15) is 0 Å². The third kappa shape index (κ3) is 3.76. The molecule has 0 aliphatic heterocycles. The predicted molar refractivity (Wildman–Crippen MR) is 49.8 cm³/mol. The molecule has 1 nitrogen and oxygen atoms in total. The minimum Gasteiger partial charge on any atom is -0.314 e. The van der Waals surface area contributed by atoms with Crippen molar-refractivity contribution >= 4 is 0 Å². The highest BCUT2D eigenvalue weighted by Gasteiger charge is 2.11. The summed E-state index contributed by atoms with van der Waals surface area (Å²) in [5, 5.41) is 3.62. The minimum absolute atomic E-state index is 0.857. The van der Waals surface area contributed by atoms with Gasteiger partial charge < -0.3 is 5.32 Å². The molecule has 0 bridgehead atoms. The van der Waals surface area contributed by atoms with Crippen LogP contribution in [0.5, 0.6) is 0 Å². The first-order chi connectivity index (χ1) is 5.43. The third-order valence-corrected chi connectivity index (χ3v) is 2.57. The van der Waals surface area contributed by atoms with Crippen molar-refractivity contribution in [2.24, 2.45) is 0 Å². The topological polar surface area (TPSA) is 12.0 Å². The van der Waals surface area contributed by atoms with Gasteiger partial charge in [-0.1, -0.05) is 32.6 Å². The lowest BCUT2D eigenvalue weighted by molar-refractivity contribution is 0.372. The minimum atomic E-state index is 0.857. The van der Waals surface area contributed by atoms with E-state index < -0.39 is 0 Å². The van der Waals surface area contributed by atoms with Crippen LogP contribution in [0.15, 0.2) is 0 Å². The fourth-order valence-corrected chi connectivity index (χ4v) is 1.79. The van der Waals surface area contributed by atoms with Crippen LogP contribution < -0.4 is 5.32 Å². The first kappa shape index (κ1) is 9.05. The molecule has 1 rings (SSSR count). The molecule has 0 amide bonds. The summed E-state index contributed by atoms with van der Waals surface area (Å²) in [7, 11) is 0. The average molecular weight is 155 g/mol. The summed E-state index contributed by atoms with van der Waals surface area (Å²) in [6.07, 6.45) is 9.86. The molecule has 0 aromatic carbocycles. The van der Waals surface area contributed by atoms with Gasteiger partial charge in [0.1, 0.15) is 0 Å². The zero-order valence-electron chi connectivity index (χ0n) is 7.73. The average Bonchev–Trinajstić information content (AvgIpc) is 2.07. The first-order valence-corrected chi connectivity index (χ1v) is 5.17. The van der Waals surface area contributed by atoms with Gasteiger partial charge >= 0.3 is 0 Å². The Morgan fingerprint density at radius 3 is 2.55 bits per heavy atom. The summed E-state index contributed by atoms with van der Waals surface area (Å²) in [6, 6.07) is 0.857. The molecule has 0 spiro atoms. The maximum atomic E-state index is 3.62. The number of hydrogen-bond acceptors (Lipinski definition) is 1. The number of unbranched alkanes of at least 4 members (excludes halogenated alkanes) is 1. The van der Waals surface area contributed by atoms with Crippen LogP contribution in [0, 0.1) is 0 Å². The van der Waals surface area contributed by atoms with Crippen molar-refractivity contribution in [1.82, 2.24) is 5.32 Å². The van der Waals surface area contributed by atoms with Gasteiger partial charge in [0.15, 0.2) is 0 Å². The molecule has 0 aromatic rings. The lowest BCUT2D eigenvalue weighted by Crippen LogP contribution is -2.31. The second kappa shape index (κ2) is 5.59. The molecule has 1 aliphatic rings. The number of hydrogen-bond donors (Lipinski definition) is 1. The van der Waals surface area contributed by atoms with E-state index >= 15 is 0 Å². The van der Waals surface area contributed by atoms with Crippen LogP contribution in [-0.2, 0) is 0 Å². The standard InChI is InChI=1S/C10H21N/c1-2-3-9-11-10-7-5-4-6-8-10/h10-11H,2-9H2,1H3. The fourth-order valence-electron chi connectivity index (χ4n) is 1.79. The molecule has 0 atom stereocenters. The van der Waals surface area contributed by atoms with Gasteiger partial charge in [-0.3, -0.25) is 0 Å². The smallest absolute Gasteiger partial charge is 0.00670 e. The molecule has 11 heavy (non-hydrogen) atoms. The molecule has 1 saturated carbocycles. The van der Waals surface area contributed by atoms with Crippen molar-refractivity contribution in [3.05, 3.63) is 0 Å². The molecule has 66 valence electrons. The molecule has 1 fully saturated rings. The molecule has 1 heteroatoms. The molecule has 0 heterocycles. The van der Waals surface area contributed by atoms with E-state index in [0.29, 0.717) is 0 Å². The van der Waals surface area contributed by atoms with Gasteiger partial charge in [-0.2, -0.15) is 0 Å². The van der Waals surface area contributed by atoms with E-state index in [1.165, 1.54) is 51.5 Å². The normalized spacial score (nSPS) is 20.5. The monoisotopic (exact) mass is 155 g/mol. The second-order valence-corrected chi connectivity index (χ2v) is 3.64. The Hall–Kier alpha value is -0.0400. The van der Waals surface area contributed by atoms with Crippen LogP contribution in [0.3, 0.4) is 0 Å². The van der Waals surface area contributed by atoms with E-state index in [4.69, 9.17) is 0 Å². The highest BCUT2D eigenvalue weighted by Crippen LogP contribution is 2.17. The molecule has 0 radical (unpaired) electrons. The van der Waals surface area contributed by atoms with E-state index in [2.05, 4.69) is 12.2 Å². The van der Waals surface area contributed by atoms with Crippen molar-refractivity contribution in [3.63, 3.8) is 0 Å². The maximum Gasteiger partial charge on any atom is 0.00670 e. The Kier molecular flexibility index (Phi) is 4.60. The van der Waals surface area contributed by atoms with Crippen molar-refractivity contribution < 1.29 is 0 Å². The Morgan fingerprint density at radius 2 is 1.91 bits per heavy atom. The maximum absolute atomic E-state index is 3.62. The largest absolute Gasteiger partial charge is 0.314 e. The molecule has 1 N–H and O–H groups in total.